The number of thiophene rings is 1. The number of aromatic nitrogens is 4. The van der Waals surface area contributed by atoms with Crippen molar-refractivity contribution in [3.8, 4) is 47.0 Å². The number of amides is 1. The summed E-state index contributed by atoms with van der Waals surface area (Å²) in [6.07, 6.45) is 6.18. The Morgan fingerprint density at radius 1 is 0.730 bits per heavy atom. The predicted molar refractivity (Wildman–Crippen MR) is 244 cm³/mol. The number of halogens is 3. The third-order valence-corrected chi connectivity index (χ3v) is 10.8. The van der Waals surface area contributed by atoms with Crippen molar-refractivity contribution >= 4 is 76.6 Å². The average molecular weight is 1020 g/mol. The van der Waals surface area contributed by atoms with E-state index in [4.69, 9.17) is 62.5 Å². The van der Waals surface area contributed by atoms with E-state index in [0.717, 1.165) is 22.6 Å². The van der Waals surface area contributed by atoms with Gasteiger partial charge in [0, 0.05) is 30.9 Å². The first-order valence-corrected chi connectivity index (χ1v) is 20.6. The highest BCUT2D eigenvalue weighted by molar-refractivity contribution is 9.10. The van der Waals surface area contributed by atoms with E-state index >= 15 is 0 Å². The van der Waals surface area contributed by atoms with E-state index in [1.807, 2.05) is 54.6 Å². The highest BCUT2D eigenvalue weighted by Gasteiger charge is 2.18. The number of carbonyl (C=O) groups excluding carboxylic acids is 1. The lowest BCUT2D eigenvalue weighted by molar-refractivity contribution is 0.100. The molecule has 63 heavy (non-hydrogen) atoms. The number of carbonyl (C=O) groups is 1. The van der Waals surface area contributed by atoms with Crippen molar-refractivity contribution in [1.29, 1.82) is 15.8 Å². The molecular formula is C43H34Br2ClN9O7S. The number of H-pyrrole nitrogens is 1. The molecule has 5 heterocycles. The zero-order chi connectivity index (χ0) is 45.9. The van der Waals surface area contributed by atoms with Crippen LogP contribution in [0.3, 0.4) is 0 Å². The van der Waals surface area contributed by atoms with Crippen LogP contribution in [0.5, 0.6) is 28.7 Å². The van der Waals surface area contributed by atoms with E-state index in [1.165, 1.54) is 36.9 Å². The molecule has 0 radical (unpaired) electrons. The molecule has 320 valence electrons. The first kappa shape index (κ1) is 48.5. The molecule has 1 amide bonds. The maximum atomic E-state index is 11.4. The number of ether oxygens (including phenoxy) is 5. The molecule has 7 aromatic rings. The average Bonchev–Trinajstić information content (AvgIpc) is 3.65. The second-order valence-electron chi connectivity index (χ2n) is 12.0. The highest BCUT2D eigenvalue weighted by Crippen LogP contribution is 2.38. The van der Waals surface area contributed by atoms with Gasteiger partial charge in [-0.1, -0.05) is 35.9 Å². The lowest BCUT2D eigenvalue weighted by atomic mass is 10.2. The Bertz CT molecular complexity index is 2860. The van der Waals surface area contributed by atoms with Crippen LogP contribution >= 0.6 is 54.8 Å². The quantitative estimate of drug-likeness (QED) is 0.109. The van der Waals surface area contributed by atoms with Gasteiger partial charge in [0.25, 0.3) is 5.91 Å². The van der Waals surface area contributed by atoms with Gasteiger partial charge in [-0.15, -0.1) is 11.3 Å². The molecule has 2 aromatic carbocycles. The van der Waals surface area contributed by atoms with E-state index in [1.54, 1.807) is 50.9 Å². The summed E-state index contributed by atoms with van der Waals surface area (Å²) in [7, 11) is 4.72. The number of aromatic amines is 1. The minimum Gasteiger partial charge on any atom is -0.497 e. The second kappa shape index (κ2) is 24.3. The summed E-state index contributed by atoms with van der Waals surface area (Å²) < 4.78 is 27.5. The number of methoxy groups -OCH3 is 3. The van der Waals surface area contributed by atoms with Gasteiger partial charge in [0.1, 0.15) is 95.8 Å². The van der Waals surface area contributed by atoms with E-state index in [9.17, 15) is 9.59 Å². The Labute approximate surface area is 386 Å². The van der Waals surface area contributed by atoms with E-state index in [2.05, 4.69) is 57.9 Å². The zero-order valence-corrected chi connectivity index (χ0v) is 38.1. The largest absolute Gasteiger partial charge is 0.497 e. The SMILES string of the molecule is COc1ccc(COc2ccnc(Br)c2C#N)cc1.COc1ccc(COc2ccnc3sc(C(N)=O)c(N)c23)cc1.COc1ccnc(Cl)c1C#N.N#Cc1c(Br)[nH]ccc1=O. The van der Waals surface area contributed by atoms with Crippen LogP contribution in [0.4, 0.5) is 5.69 Å². The maximum Gasteiger partial charge on any atom is 0.260 e. The smallest absolute Gasteiger partial charge is 0.260 e. The highest BCUT2D eigenvalue weighted by atomic mass is 79.9. The summed E-state index contributed by atoms with van der Waals surface area (Å²) in [6, 6.07) is 27.2. The summed E-state index contributed by atoms with van der Waals surface area (Å²) >= 11 is 13.0. The first-order chi connectivity index (χ1) is 30.4. The van der Waals surface area contributed by atoms with Crippen LogP contribution in [0.1, 0.15) is 37.5 Å². The molecule has 0 fully saturated rings. The van der Waals surface area contributed by atoms with E-state index in [0.29, 0.717) is 66.0 Å². The number of nitriles is 3. The number of primary amides is 1. The molecule has 0 aliphatic rings. The molecule has 5 N–H and O–H groups in total. The normalized spacial score (nSPS) is 9.76. The Balaban J connectivity index is 0.000000195. The number of anilines is 1. The molecule has 7 rings (SSSR count). The van der Waals surface area contributed by atoms with Crippen molar-refractivity contribution in [1.82, 2.24) is 19.9 Å². The molecule has 20 heteroatoms. The van der Waals surface area contributed by atoms with Gasteiger partial charge in [0.05, 0.1) is 32.4 Å². The molecule has 0 aliphatic heterocycles. The number of nitrogen functional groups attached to an aromatic ring is 1. The van der Waals surface area contributed by atoms with Crippen LogP contribution in [0.25, 0.3) is 10.2 Å². The van der Waals surface area contributed by atoms with Crippen molar-refractivity contribution in [2.24, 2.45) is 5.73 Å². The Morgan fingerprint density at radius 2 is 1.25 bits per heavy atom. The van der Waals surface area contributed by atoms with E-state index < -0.39 is 5.91 Å². The standard InChI is InChI=1S/C16H15N3O3S.C14H11BrN2O2.C7H5ClN2O.C6H3BrN2O/c1-21-10-4-2-9(3-5-10)8-22-11-6-7-19-16-12(11)13(17)14(23-16)15(18)20;1-18-11-4-2-10(3-5-11)9-19-13-6-7-17-14(15)12(13)8-16;1-11-6-2-3-10-7(8)5(6)4-9;7-6-4(3-8)5(10)1-2-9-6/h2-7H,8,17H2,1H3,(H2,18,20);2-7H,9H2,1H3;2-3H,1H3;1-2H,(H,9,10). The lowest BCUT2D eigenvalue weighted by Gasteiger charge is -2.08. The number of nitrogens with one attached hydrogen (secondary N) is 1. The van der Waals surface area contributed by atoms with Gasteiger partial charge in [0.15, 0.2) is 10.6 Å². The second-order valence-corrected chi connectivity index (χ2v) is 14.9. The van der Waals surface area contributed by atoms with Crippen molar-refractivity contribution in [2.75, 3.05) is 27.1 Å². The van der Waals surface area contributed by atoms with Gasteiger partial charge in [-0.2, -0.15) is 15.8 Å². The number of hydrogen-bond donors (Lipinski definition) is 3. The van der Waals surface area contributed by atoms with Gasteiger partial charge in [-0.3, -0.25) is 9.59 Å². The molecule has 5 aromatic heterocycles. The summed E-state index contributed by atoms with van der Waals surface area (Å²) in [6.45, 7) is 0.749. The lowest BCUT2D eigenvalue weighted by Crippen LogP contribution is -2.10. The fourth-order valence-corrected chi connectivity index (χ4v) is 6.92. The van der Waals surface area contributed by atoms with Crippen LogP contribution in [-0.2, 0) is 13.2 Å². The van der Waals surface area contributed by atoms with Crippen molar-refractivity contribution < 1.29 is 28.5 Å². The molecule has 0 spiro atoms. The monoisotopic (exact) mass is 1010 g/mol. The topological polar surface area (TPSA) is 258 Å². The molecular weight excluding hydrogens is 982 g/mol. The summed E-state index contributed by atoms with van der Waals surface area (Å²) in [4.78, 5) is 37.8. The molecule has 0 saturated carbocycles. The van der Waals surface area contributed by atoms with Gasteiger partial charge in [-0.25, -0.2) is 15.0 Å². The molecule has 0 unspecified atom stereocenters. The van der Waals surface area contributed by atoms with Crippen molar-refractivity contribution in [2.45, 2.75) is 13.2 Å². The number of rotatable bonds is 10. The van der Waals surface area contributed by atoms with Gasteiger partial charge in [-0.05, 0) is 85.5 Å². The van der Waals surface area contributed by atoms with Crippen molar-refractivity contribution in [3.63, 3.8) is 0 Å². The van der Waals surface area contributed by atoms with Gasteiger partial charge < -0.3 is 40.1 Å². The number of benzene rings is 2. The minimum absolute atomic E-state index is 0.113. The molecule has 16 nitrogen and oxygen atoms in total. The summed E-state index contributed by atoms with van der Waals surface area (Å²) in [5, 5.41) is 26.8. The summed E-state index contributed by atoms with van der Waals surface area (Å²) in [5.74, 6) is 2.56. The Hall–Kier alpha value is -7.21. The fraction of sp³-hybridized carbons (Fsp3) is 0.116. The maximum absolute atomic E-state index is 11.4. The predicted octanol–water partition coefficient (Wildman–Crippen LogP) is 8.49. The number of hydrogen-bond acceptors (Lipinski definition) is 15. The molecule has 0 aliphatic carbocycles. The van der Waals surface area contributed by atoms with Crippen LogP contribution < -0.4 is 40.6 Å². The Kier molecular flexibility index (Phi) is 18.7. The van der Waals surface area contributed by atoms with Crippen molar-refractivity contribution in [3.05, 3.63) is 155 Å². The number of fused-ring (bicyclic) bond motifs is 1. The molecule has 0 saturated heterocycles. The molecule has 0 atom stereocenters. The zero-order valence-electron chi connectivity index (χ0n) is 33.4. The number of nitrogens with two attached hydrogens (primary N) is 2. The molecule has 0 bridgehead atoms. The van der Waals surface area contributed by atoms with Gasteiger partial charge in [0.2, 0.25) is 0 Å². The fourth-order valence-electron chi connectivity index (χ4n) is 4.98. The van der Waals surface area contributed by atoms with Gasteiger partial charge >= 0.3 is 0 Å². The number of pyridine rings is 4. The van der Waals surface area contributed by atoms with Crippen LogP contribution in [0.15, 0.2) is 112 Å². The van der Waals surface area contributed by atoms with Crippen LogP contribution in [0.2, 0.25) is 5.15 Å². The number of nitrogens with zero attached hydrogens (tertiary/aromatic N) is 6. The summed E-state index contributed by atoms with van der Waals surface area (Å²) in [5.41, 5.74) is 14.2. The first-order valence-electron chi connectivity index (χ1n) is 17.8. The van der Waals surface area contributed by atoms with Crippen LogP contribution in [0, 0.1) is 34.0 Å². The van der Waals surface area contributed by atoms with E-state index in [-0.39, 0.29) is 21.7 Å². The minimum atomic E-state index is -0.563. The third kappa shape index (κ3) is 13.4. The third-order valence-electron chi connectivity index (χ3n) is 8.12. The van der Waals surface area contributed by atoms with Crippen LogP contribution in [-0.4, -0.2) is 47.2 Å². The Morgan fingerprint density at radius 3 is 1.75 bits per heavy atom.